The Balaban J connectivity index is 2.66. The van der Waals surface area contributed by atoms with Crippen LogP contribution in [0, 0.1) is 6.08 Å². The van der Waals surface area contributed by atoms with Crippen molar-refractivity contribution in [1.82, 2.24) is 15.0 Å². The summed E-state index contributed by atoms with van der Waals surface area (Å²) in [5.41, 5.74) is 5.80. The first-order valence-corrected chi connectivity index (χ1v) is 2.89. The molecule has 0 saturated carbocycles. The number of hydrogen-bond donors (Lipinski definition) is 2. The molecule has 2 heterocycles. The van der Waals surface area contributed by atoms with Crippen molar-refractivity contribution in [3.05, 3.63) is 6.08 Å². The highest BCUT2D eigenvalue weighted by atomic mass is 19.1. The van der Waals surface area contributed by atoms with Crippen LogP contribution < -0.4 is 16.0 Å². The summed E-state index contributed by atoms with van der Waals surface area (Å²) in [5.74, 6) is 0.319. The van der Waals surface area contributed by atoms with Crippen molar-refractivity contribution in [2.45, 2.75) is 0 Å². The van der Waals surface area contributed by atoms with Crippen molar-refractivity contribution < 1.29 is 4.39 Å². The van der Waals surface area contributed by atoms with E-state index in [4.69, 9.17) is 5.73 Å². The van der Waals surface area contributed by atoms with E-state index in [1.807, 2.05) is 0 Å². The zero-order chi connectivity index (χ0) is 7.84. The van der Waals surface area contributed by atoms with Gasteiger partial charge in [0.15, 0.2) is 5.82 Å². The van der Waals surface area contributed by atoms with Gasteiger partial charge in [-0.15, -0.1) is 4.39 Å². The van der Waals surface area contributed by atoms with Gasteiger partial charge >= 0.3 is 11.9 Å². The second-order valence-corrected chi connectivity index (χ2v) is 1.98. The molecule has 1 aromatic heterocycles. The highest BCUT2D eigenvalue weighted by Crippen LogP contribution is 2.25. The molecule has 3 N–H and O–H groups in total. The van der Waals surface area contributed by atoms with Crippen LogP contribution in [-0.4, -0.2) is 16.3 Å². The van der Waals surface area contributed by atoms with Crippen LogP contribution >= 0.6 is 0 Å². The standard InChI is InChI=1S/C5H4FN5/c6-5-10-3(7)2-4(11-5)9-1-8-2/h1,8H,(H2,7,10,11)/q+1. The molecule has 1 aliphatic heterocycles. The van der Waals surface area contributed by atoms with E-state index in [1.54, 1.807) is 0 Å². The second kappa shape index (κ2) is 1.88. The van der Waals surface area contributed by atoms with E-state index in [1.165, 1.54) is 6.34 Å². The van der Waals surface area contributed by atoms with Crippen molar-refractivity contribution in [2.75, 3.05) is 11.1 Å². The molecule has 2 rings (SSSR count). The number of nitrogens with two attached hydrogens (primary N) is 1. The summed E-state index contributed by atoms with van der Waals surface area (Å²) in [4.78, 5) is 10.4. The van der Waals surface area contributed by atoms with Crippen LogP contribution in [0.5, 0.6) is 0 Å². The molecule has 0 fully saturated rings. The number of hydrogen-bond acceptors (Lipinski definition) is 5. The van der Waals surface area contributed by atoms with Crippen molar-refractivity contribution in [3.8, 4) is 0 Å². The number of halogens is 1. The summed E-state index contributed by atoms with van der Waals surface area (Å²) in [6.07, 6.45) is 0.525. The number of rotatable bonds is 0. The average molecular weight is 153 g/mol. The SMILES string of the molecule is Nc1nc(F)nc2c1NC=[N+]2. The van der Waals surface area contributed by atoms with Gasteiger partial charge in [-0.05, 0) is 4.98 Å². The van der Waals surface area contributed by atoms with Crippen molar-refractivity contribution in [3.63, 3.8) is 0 Å². The van der Waals surface area contributed by atoms with Crippen LogP contribution in [0.1, 0.15) is 0 Å². The van der Waals surface area contributed by atoms with Crippen LogP contribution in [0.25, 0.3) is 0 Å². The largest absolute Gasteiger partial charge is 0.386 e. The minimum absolute atomic E-state index is 0.0741. The molecule has 1 aromatic rings. The summed E-state index contributed by atoms with van der Waals surface area (Å²) in [6.45, 7) is 0. The molecule has 11 heavy (non-hydrogen) atoms. The Morgan fingerprint density at radius 2 is 2.36 bits per heavy atom. The second-order valence-electron chi connectivity index (χ2n) is 1.98. The number of nitrogen functional groups attached to an aromatic ring is 1. The lowest BCUT2D eigenvalue weighted by atomic mass is 10.4. The Labute approximate surface area is 61.2 Å². The molecular formula is C5H4FN5+. The van der Waals surface area contributed by atoms with Crippen LogP contribution in [-0.2, 0) is 0 Å². The lowest BCUT2D eigenvalue weighted by molar-refractivity contribution is 0.542. The molecule has 0 aromatic carbocycles. The van der Waals surface area contributed by atoms with Gasteiger partial charge in [0.05, 0.1) is 0 Å². The van der Waals surface area contributed by atoms with Gasteiger partial charge < -0.3 is 5.73 Å². The first-order valence-electron chi connectivity index (χ1n) is 2.89. The van der Waals surface area contributed by atoms with E-state index in [0.29, 0.717) is 5.69 Å². The number of fused-ring (bicyclic) bond motifs is 1. The maximum Gasteiger partial charge on any atom is 0.386 e. The Hall–Kier alpha value is -1.72. The normalized spacial score (nSPS) is 12.8. The van der Waals surface area contributed by atoms with Gasteiger partial charge in [0, 0.05) is 0 Å². The van der Waals surface area contributed by atoms with Gasteiger partial charge in [-0.3, -0.25) is 5.32 Å². The number of anilines is 2. The molecule has 0 bridgehead atoms. The quantitative estimate of drug-likeness (QED) is 0.498. The van der Waals surface area contributed by atoms with Crippen LogP contribution in [0.2, 0.25) is 0 Å². The Bertz CT molecular complexity index is 334. The number of nitrogens with one attached hydrogen (secondary N) is 1. The first-order chi connectivity index (χ1) is 5.27. The van der Waals surface area contributed by atoms with E-state index in [2.05, 4.69) is 20.3 Å². The highest BCUT2D eigenvalue weighted by Gasteiger charge is 2.23. The maximum atomic E-state index is 12.4. The molecule has 1 radical (unpaired) electrons. The number of aromatic nitrogens is 2. The van der Waals surface area contributed by atoms with E-state index >= 15 is 0 Å². The molecular weight excluding hydrogens is 149 g/mol. The van der Waals surface area contributed by atoms with E-state index in [9.17, 15) is 4.39 Å². The molecule has 1 aliphatic rings. The van der Waals surface area contributed by atoms with Crippen molar-refractivity contribution in [2.24, 2.45) is 0 Å². The third-order valence-corrected chi connectivity index (χ3v) is 1.29. The number of aliphatic imine (C=N–C) groups is 1. The summed E-state index contributed by atoms with van der Waals surface area (Å²) >= 11 is 0. The van der Waals surface area contributed by atoms with Gasteiger partial charge in [0.1, 0.15) is 0 Å². The van der Waals surface area contributed by atoms with Crippen molar-refractivity contribution in [1.29, 1.82) is 0 Å². The molecule has 0 saturated heterocycles. The molecule has 6 heteroatoms. The Morgan fingerprint density at radius 3 is 3.18 bits per heavy atom. The van der Waals surface area contributed by atoms with Crippen LogP contribution in [0.15, 0.2) is 0 Å². The molecule has 0 aliphatic carbocycles. The monoisotopic (exact) mass is 153 g/mol. The van der Waals surface area contributed by atoms with E-state index < -0.39 is 6.08 Å². The Kier molecular flexibility index (Phi) is 1.03. The fourth-order valence-corrected chi connectivity index (χ4v) is 0.828. The van der Waals surface area contributed by atoms with Crippen LogP contribution in [0.3, 0.4) is 0 Å². The predicted molar refractivity (Wildman–Crippen MR) is 37.9 cm³/mol. The molecule has 0 atom stereocenters. The Morgan fingerprint density at radius 1 is 1.55 bits per heavy atom. The topological polar surface area (TPSA) is 77.9 Å². The third-order valence-electron chi connectivity index (χ3n) is 1.29. The van der Waals surface area contributed by atoms with Gasteiger partial charge in [-0.25, -0.2) is 0 Å². The smallest absolute Gasteiger partial charge is 0.380 e. The molecule has 0 unspecified atom stereocenters. The van der Waals surface area contributed by atoms with Gasteiger partial charge in [-0.2, -0.15) is 4.98 Å². The average Bonchev–Trinajstić information content (AvgIpc) is 2.34. The molecule has 0 amide bonds. The zero-order valence-electron chi connectivity index (χ0n) is 5.37. The third kappa shape index (κ3) is 0.794. The maximum absolute atomic E-state index is 12.4. The lowest BCUT2D eigenvalue weighted by Crippen LogP contribution is -2.00. The van der Waals surface area contributed by atoms with Crippen molar-refractivity contribution >= 4 is 23.7 Å². The van der Waals surface area contributed by atoms with Crippen LogP contribution in [0.4, 0.5) is 21.7 Å². The van der Waals surface area contributed by atoms with Gasteiger partial charge in [0.2, 0.25) is 12.0 Å². The molecule has 5 nitrogen and oxygen atoms in total. The zero-order valence-corrected chi connectivity index (χ0v) is 5.37. The summed E-state index contributed by atoms with van der Waals surface area (Å²) in [5, 5.41) is 2.69. The fraction of sp³-hybridized carbons (Fsp3) is 0. The van der Waals surface area contributed by atoms with E-state index in [0.717, 1.165) is 0 Å². The summed E-state index contributed by atoms with van der Waals surface area (Å²) in [7, 11) is 0. The van der Waals surface area contributed by atoms with Gasteiger partial charge in [0.25, 0.3) is 0 Å². The first kappa shape index (κ1) is 6.02. The molecule has 0 spiro atoms. The highest BCUT2D eigenvalue weighted by molar-refractivity contribution is 5.92. The lowest BCUT2D eigenvalue weighted by Gasteiger charge is -1.92. The minimum Gasteiger partial charge on any atom is -0.380 e. The minimum atomic E-state index is -0.859. The fourth-order valence-electron chi connectivity index (χ4n) is 0.828. The summed E-state index contributed by atoms with van der Waals surface area (Å²) < 4.78 is 12.4. The summed E-state index contributed by atoms with van der Waals surface area (Å²) in [6, 6.07) is 0. The molecule has 55 valence electrons. The number of nitrogens with zero attached hydrogens (tertiary/aromatic N) is 3. The van der Waals surface area contributed by atoms with Gasteiger partial charge in [-0.1, -0.05) is 4.99 Å². The van der Waals surface area contributed by atoms with E-state index in [-0.39, 0.29) is 11.6 Å². The predicted octanol–water partition coefficient (Wildman–Crippen LogP) is -0.381.